The van der Waals surface area contributed by atoms with Gasteiger partial charge in [-0.15, -0.1) is 0 Å². The van der Waals surface area contributed by atoms with Gasteiger partial charge >= 0.3 is 5.97 Å². The maximum Gasteiger partial charge on any atom is 0.310 e. The van der Waals surface area contributed by atoms with E-state index in [0.29, 0.717) is 24.7 Å². The standard InChI is InChI=1S/C18H17BrO5/c1-21-15-4-3-13(8-14(15)19)11-24-18(20)10-12-2-5-16-17(9-12)23-7-6-22-16/h2-5,8-9H,6-7,10-11H2,1H3. The number of fused-ring (bicyclic) bond motifs is 1. The Kier molecular flexibility index (Phi) is 5.25. The average Bonchev–Trinajstić information content (AvgIpc) is 2.60. The van der Waals surface area contributed by atoms with Crippen LogP contribution in [0, 0.1) is 0 Å². The molecule has 5 nitrogen and oxygen atoms in total. The molecule has 24 heavy (non-hydrogen) atoms. The molecule has 0 atom stereocenters. The molecule has 3 rings (SSSR count). The molecule has 0 spiro atoms. The molecule has 0 N–H and O–H groups in total. The maximum absolute atomic E-state index is 12.0. The van der Waals surface area contributed by atoms with Crippen LogP contribution >= 0.6 is 15.9 Å². The third kappa shape index (κ3) is 4.00. The average molecular weight is 393 g/mol. The minimum Gasteiger partial charge on any atom is -0.496 e. The highest BCUT2D eigenvalue weighted by molar-refractivity contribution is 9.10. The van der Waals surface area contributed by atoms with Crippen LogP contribution in [0.3, 0.4) is 0 Å². The summed E-state index contributed by atoms with van der Waals surface area (Å²) in [6.07, 6.45) is 0.188. The van der Waals surface area contributed by atoms with Gasteiger partial charge in [-0.05, 0) is 51.3 Å². The molecule has 2 aromatic carbocycles. The largest absolute Gasteiger partial charge is 0.496 e. The monoisotopic (exact) mass is 392 g/mol. The van der Waals surface area contributed by atoms with Crippen molar-refractivity contribution >= 4 is 21.9 Å². The summed E-state index contributed by atoms with van der Waals surface area (Å²) in [5, 5.41) is 0. The summed E-state index contributed by atoms with van der Waals surface area (Å²) in [4.78, 5) is 12.0. The quantitative estimate of drug-likeness (QED) is 0.728. The fourth-order valence-corrected chi connectivity index (χ4v) is 2.97. The first-order valence-corrected chi connectivity index (χ1v) is 8.31. The van der Waals surface area contributed by atoms with E-state index in [2.05, 4.69) is 15.9 Å². The summed E-state index contributed by atoms with van der Waals surface area (Å²) >= 11 is 3.41. The van der Waals surface area contributed by atoms with Gasteiger partial charge in [0.25, 0.3) is 0 Å². The van der Waals surface area contributed by atoms with E-state index in [-0.39, 0.29) is 19.0 Å². The highest BCUT2D eigenvalue weighted by Gasteiger charge is 2.14. The van der Waals surface area contributed by atoms with Crippen molar-refractivity contribution in [2.75, 3.05) is 20.3 Å². The van der Waals surface area contributed by atoms with Crippen LogP contribution in [0.2, 0.25) is 0 Å². The summed E-state index contributed by atoms with van der Waals surface area (Å²) in [5.41, 5.74) is 1.72. The third-order valence-electron chi connectivity index (χ3n) is 3.57. The van der Waals surface area contributed by atoms with Crippen molar-refractivity contribution in [3.63, 3.8) is 0 Å². The second-order valence-electron chi connectivity index (χ2n) is 5.28. The Hall–Kier alpha value is -2.21. The molecule has 0 unspecified atom stereocenters. The van der Waals surface area contributed by atoms with Gasteiger partial charge in [-0.1, -0.05) is 12.1 Å². The van der Waals surface area contributed by atoms with Gasteiger partial charge in [0.1, 0.15) is 25.6 Å². The van der Waals surface area contributed by atoms with Crippen LogP contribution in [-0.2, 0) is 22.6 Å². The van der Waals surface area contributed by atoms with Gasteiger partial charge < -0.3 is 18.9 Å². The van der Waals surface area contributed by atoms with Gasteiger partial charge in [0, 0.05) is 0 Å². The van der Waals surface area contributed by atoms with E-state index in [0.717, 1.165) is 21.3 Å². The number of carbonyl (C=O) groups is 1. The Balaban J connectivity index is 1.57. The van der Waals surface area contributed by atoms with Crippen LogP contribution in [0.1, 0.15) is 11.1 Å². The van der Waals surface area contributed by atoms with Crippen molar-refractivity contribution in [3.8, 4) is 17.2 Å². The predicted octanol–water partition coefficient (Wildman–Crippen LogP) is 3.51. The molecule has 0 bridgehead atoms. The third-order valence-corrected chi connectivity index (χ3v) is 4.19. The summed E-state index contributed by atoms with van der Waals surface area (Å²) in [5.74, 6) is 1.83. The Morgan fingerprint density at radius 1 is 1.08 bits per heavy atom. The van der Waals surface area contributed by atoms with Gasteiger partial charge in [0.15, 0.2) is 11.5 Å². The van der Waals surface area contributed by atoms with Gasteiger partial charge in [0.05, 0.1) is 18.0 Å². The smallest absolute Gasteiger partial charge is 0.310 e. The molecule has 0 radical (unpaired) electrons. The Bertz CT molecular complexity index is 744. The Morgan fingerprint density at radius 3 is 2.58 bits per heavy atom. The molecule has 1 heterocycles. The van der Waals surface area contributed by atoms with Crippen molar-refractivity contribution in [1.82, 2.24) is 0 Å². The number of hydrogen-bond donors (Lipinski definition) is 0. The van der Waals surface area contributed by atoms with Gasteiger partial charge in [0.2, 0.25) is 0 Å². The molecule has 0 saturated heterocycles. The zero-order valence-electron chi connectivity index (χ0n) is 13.2. The lowest BCUT2D eigenvalue weighted by Gasteiger charge is -2.18. The lowest BCUT2D eigenvalue weighted by atomic mass is 10.1. The minimum atomic E-state index is -0.293. The summed E-state index contributed by atoms with van der Waals surface area (Å²) in [6, 6.07) is 11.0. The molecule has 1 aliphatic rings. The molecule has 2 aromatic rings. The first-order chi connectivity index (χ1) is 11.7. The molecule has 0 amide bonds. The van der Waals surface area contributed by atoms with E-state index in [9.17, 15) is 4.79 Å². The number of benzene rings is 2. The second kappa shape index (κ2) is 7.57. The van der Waals surface area contributed by atoms with E-state index in [1.165, 1.54) is 0 Å². The molecule has 0 fully saturated rings. The molecular weight excluding hydrogens is 376 g/mol. The van der Waals surface area contributed by atoms with Crippen molar-refractivity contribution < 1.29 is 23.7 Å². The fraction of sp³-hybridized carbons (Fsp3) is 0.278. The van der Waals surface area contributed by atoms with Crippen molar-refractivity contribution in [2.45, 2.75) is 13.0 Å². The maximum atomic E-state index is 12.0. The molecular formula is C18H17BrO5. The number of methoxy groups -OCH3 is 1. The zero-order chi connectivity index (χ0) is 16.9. The van der Waals surface area contributed by atoms with E-state index in [1.54, 1.807) is 7.11 Å². The molecule has 126 valence electrons. The van der Waals surface area contributed by atoms with Crippen molar-refractivity contribution in [2.24, 2.45) is 0 Å². The van der Waals surface area contributed by atoms with Crippen LogP contribution < -0.4 is 14.2 Å². The lowest BCUT2D eigenvalue weighted by Crippen LogP contribution is -2.15. The number of carbonyl (C=O) groups excluding carboxylic acids is 1. The van der Waals surface area contributed by atoms with Crippen LogP contribution in [0.4, 0.5) is 0 Å². The van der Waals surface area contributed by atoms with Crippen LogP contribution in [0.5, 0.6) is 17.2 Å². The molecule has 0 aromatic heterocycles. The lowest BCUT2D eigenvalue weighted by molar-refractivity contribution is -0.144. The van der Waals surface area contributed by atoms with Crippen LogP contribution in [-0.4, -0.2) is 26.3 Å². The molecule has 0 aliphatic carbocycles. The normalized spacial score (nSPS) is 12.6. The van der Waals surface area contributed by atoms with Crippen LogP contribution in [0.15, 0.2) is 40.9 Å². The number of halogens is 1. The van der Waals surface area contributed by atoms with E-state index >= 15 is 0 Å². The first-order valence-electron chi connectivity index (χ1n) is 7.52. The van der Waals surface area contributed by atoms with Crippen LogP contribution in [0.25, 0.3) is 0 Å². The van der Waals surface area contributed by atoms with E-state index in [1.807, 2.05) is 36.4 Å². The predicted molar refractivity (Wildman–Crippen MR) is 91.6 cm³/mol. The van der Waals surface area contributed by atoms with Gasteiger partial charge in [-0.2, -0.15) is 0 Å². The summed E-state index contributed by atoms with van der Waals surface area (Å²) < 4.78 is 22.3. The molecule has 6 heteroatoms. The minimum absolute atomic E-state index is 0.188. The number of ether oxygens (including phenoxy) is 4. The number of rotatable bonds is 5. The summed E-state index contributed by atoms with van der Waals surface area (Å²) in [7, 11) is 1.60. The van der Waals surface area contributed by atoms with Gasteiger partial charge in [-0.3, -0.25) is 4.79 Å². The highest BCUT2D eigenvalue weighted by atomic mass is 79.9. The second-order valence-corrected chi connectivity index (χ2v) is 6.14. The summed E-state index contributed by atoms with van der Waals surface area (Å²) in [6.45, 7) is 1.28. The number of hydrogen-bond acceptors (Lipinski definition) is 5. The van der Waals surface area contributed by atoms with Crippen molar-refractivity contribution in [3.05, 3.63) is 52.0 Å². The number of esters is 1. The first kappa shape index (κ1) is 16.6. The Morgan fingerprint density at radius 2 is 1.83 bits per heavy atom. The highest BCUT2D eigenvalue weighted by Crippen LogP contribution is 2.31. The Labute approximate surface area is 148 Å². The van der Waals surface area contributed by atoms with E-state index < -0.39 is 0 Å². The molecule has 1 aliphatic heterocycles. The van der Waals surface area contributed by atoms with E-state index in [4.69, 9.17) is 18.9 Å². The SMILES string of the molecule is COc1ccc(COC(=O)Cc2ccc3c(c2)OCCO3)cc1Br. The van der Waals surface area contributed by atoms with Crippen molar-refractivity contribution in [1.29, 1.82) is 0 Å². The zero-order valence-corrected chi connectivity index (χ0v) is 14.8. The van der Waals surface area contributed by atoms with Gasteiger partial charge in [-0.25, -0.2) is 0 Å². The molecule has 0 saturated carbocycles. The fourth-order valence-electron chi connectivity index (χ4n) is 2.38. The topological polar surface area (TPSA) is 54.0 Å².